The van der Waals surface area contributed by atoms with Crippen LogP contribution < -0.4 is 10.6 Å². The molecule has 156 valence electrons. The molecule has 4 rings (SSSR count). The van der Waals surface area contributed by atoms with Gasteiger partial charge in [0, 0.05) is 0 Å². The Morgan fingerprint density at radius 2 is 1.21 bits per heavy atom. The summed E-state index contributed by atoms with van der Waals surface area (Å²) in [5, 5.41) is 1.21. The molecule has 2 saturated heterocycles. The number of aryl methyl sites for hydroxylation is 4. The highest BCUT2D eigenvalue weighted by Crippen LogP contribution is 2.80. The molecule has 2 N–H and O–H groups in total. The highest BCUT2D eigenvalue weighted by atomic mass is 31.2. The number of hydrogen-bond acceptors (Lipinski definition) is 6. The molecule has 1 unspecified atom stereocenters. The van der Waals surface area contributed by atoms with Crippen LogP contribution in [0.1, 0.15) is 36.1 Å². The van der Waals surface area contributed by atoms with Crippen molar-refractivity contribution in [1.29, 1.82) is 0 Å². The Morgan fingerprint density at radius 1 is 0.759 bits per heavy atom. The lowest BCUT2D eigenvalue weighted by Gasteiger charge is -2.50. The van der Waals surface area contributed by atoms with Crippen molar-refractivity contribution in [3.8, 4) is 0 Å². The third kappa shape index (κ3) is 3.37. The van der Waals surface area contributed by atoms with E-state index >= 15 is 0 Å². The van der Waals surface area contributed by atoms with Crippen LogP contribution in [-0.4, -0.2) is 22.4 Å². The smallest absolute Gasteiger partial charge is 0.188 e. The first-order valence-electron chi connectivity index (χ1n) is 9.56. The summed E-state index contributed by atoms with van der Waals surface area (Å²) >= 11 is 0. The van der Waals surface area contributed by atoms with Crippen LogP contribution in [0, 0.1) is 33.1 Å². The standard InChI is InChI=1S/C21H28O6P2/c1-14-7-9-18(16(3)11-14)28(22)24-13-20(5,6)21(25-28)26-29(23,27-21)19-10-8-15(2)12-17(19)4/h7-12,22-23H,13H2,1-6H3/q+2. The number of benzene rings is 2. The van der Waals surface area contributed by atoms with Crippen LogP contribution in [0.4, 0.5) is 0 Å². The lowest BCUT2D eigenvalue weighted by Crippen LogP contribution is -2.63. The predicted octanol–water partition coefficient (Wildman–Crippen LogP) is 4.15. The van der Waals surface area contributed by atoms with Gasteiger partial charge >= 0.3 is 21.9 Å². The van der Waals surface area contributed by atoms with E-state index in [0.717, 1.165) is 22.3 Å². The molecule has 0 aromatic heterocycles. The Balaban J connectivity index is 1.68. The Kier molecular flexibility index (Phi) is 4.98. The average Bonchev–Trinajstić information content (AvgIpc) is 2.57. The summed E-state index contributed by atoms with van der Waals surface area (Å²) in [6.07, 6.45) is 0. The predicted molar refractivity (Wildman–Crippen MR) is 115 cm³/mol. The molecule has 2 aromatic carbocycles. The summed E-state index contributed by atoms with van der Waals surface area (Å²) in [5.41, 5.74) is 3.19. The van der Waals surface area contributed by atoms with Crippen molar-refractivity contribution in [2.45, 2.75) is 47.5 Å². The van der Waals surface area contributed by atoms with Crippen LogP contribution in [0.25, 0.3) is 0 Å². The van der Waals surface area contributed by atoms with Crippen molar-refractivity contribution < 1.29 is 27.9 Å². The van der Waals surface area contributed by atoms with Gasteiger partial charge in [0.25, 0.3) is 0 Å². The maximum Gasteiger partial charge on any atom is 0.458 e. The zero-order chi connectivity index (χ0) is 21.2. The minimum absolute atomic E-state index is 0.164. The van der Waals surface area contributed by atoms with Gasteiger partial charge in [0.05, 0.1) is 5.41 Å². The first-order valence-corrected chi connectivity index (χ1v) is 12.7. The average molecular weight is 438 g/mol. The lowest BCUT2D eigenvalue weighted by atomic mass is 9.91. The summed E-state index contributed by atoms with van der Waals surface area (Å²) < 4.78 is 24.1. The molecule has 2 aliphatic heterocycles. The molecule has 0 amide bonds. The van der Waals surface area contributed by atoms with Gasteiger partial charge in [0.2, 0.25) is 0 Å². The fourth-order valence-corrected chi connectivity index (χ4v) is 8.26. The zero-order valence-electron chi connectivity index (χ0n) is 17.6. The second kappa shape index (κ2) is 6.78. The molecule has 1 spiro atoms. The van der Waals surface area contributed by atoms with E-state index in [2.05, 4.69) is 0 Å². The molecule has 0 saturated carbocycles. The van der Waals surface area contributed by atoms with Crippen LogP contribution in [0.2, 0.25) is 0 Å². The van der Waals surface area contributed by atoms with E-state index in [1.165, 1.54) is 0 Å². The van der Waals surface area contributed by atoms with Crippen molar-refractivity contribution in [3.63, 3.8) is 0 Å². The Morgan fingerprint density at radius 3 is 1.69 bits per heavy atom. The van der Waals surface area contributed by atoms with Crippen molar-refractivity contribution >= 4 is 26.5 Å². The van der Waals surface area contributed by atoms with E-state index in [9.17, 15) is 9.79 Å². The molecule has 1 atom stereocenters. The van der Waals surface area contributed by atoms with E-state index in [-0.39, 0.29) is 6.61 Å². The van der Waals surface area contributed by atoms with Gasteiger partial charge in [0.1, 0.15) is 6.61 Å². The number of rotatable bonds is 2. The van der Waals surface area contributed by atoms with Gasteiger partial charge in [-0.25, -0.2) is 0 Å². The second-order valence-electron chi connectivity index (χ2n) is 8.61. The molecule has 0 radical (unpaired) electrons. The Labute approximate surface area is 172 Å². The minimum Gasteiger partial charge on any atom is -0.188 e. The molecule has 8 heteroatoms. The molecule has 0 bridgehead atoms. The quantitative estimate of drug-likeness (QED) is 0.686. The van der Waals surface area contributed by atoms with Gasteiger partial charge in [-0.1, -0.05) is 49.0 Å². The SMILES string of the molecule is Cc1ccc([P+]2(O)OCC(C)(C)C3(O2)O[P+](O)(c2ccc(C)cc2C)O3)c(C)c1. The van der Waals surface area contributed by atoms with Crippen molar-refractivity contribution in [1.82, 2.24) is 0 Å². The fraction of sp³-hybridized carbons (Fsp3) is 0.429. The van der Waals surface area contributed by atoms with Crippen LogP contribution in [-0.2, 0) is 18.1 Å². The summed E-state index contributed by atoms with van der Waals surface area (Å²) in [6.45, 7) is 11.7. The maximum atomic E-state index is 11.3. The van der Waals surface area contributed by atoms with Crippen molar-refractivity contribution in [2.75, 3.05) is 6.61 Å². The lowest BCUT2D eigenvalue weighted by molar-refractivity contribution is -0.393. The maximum absolute atomic E-state index is 11.3. The largest absolute Gasteiger partial charge is 0.458 e. The Bertz CT molecular complexity index is 970. The second-order valence-corrected chi connectivity index (χ2v) is 12.5. The monoisotopic (exact) mass is 438 g/mol. The molecule has 2 heterocycles. The van der Waals surface area contributed by atoms with E-state index in [0.29, 0.717) is 10.6 Å². The fourth-order valence-electron chi connectivity index (χ4n) is 3.73. The third-order valence-corrected chi connectivity index (χ3v) is 9.64. The van der Waals surface area contributed by atoms with Gasteiger partial charge in [-0.05, 0) is 64.8 Å². The molecular weight excluding hydrogens is 410 g/mol. The zero-order valence-corrected chi connectivity index (χ0v) is 19.4. The topological polar surface area (TPSA) is 77.4 Å². The van der Waals surface area contributed by atoms with Crippen molar-refractivity contribution in [3.05, 3.63) is 58.7 Å². The molecular formula is C21H28O6P2+2. The first-order chi connectivity index (χ1) is 13.4. The van der Waals surface area contributed by atoms with Gasteiger partial charge in [-0.2, -0.15) is 14.3 Å². The molecule has 0 aliphatic carbocycles. The summed E-state index contributed by atoms with van der Waals surface area (Å²) in [5.74, 6) is -1.58. The van der Waals surface area contributed by atoms with Gasteiger partial charge in [0.15, 0.2) is 10.6 Å². The first kappa shape index (κ1) is 21.3. The van der Waals surface area contributed by atoms with E-state index in [4.69, 9.17) is 18.1 Å². The third-order valence-electron chi connectivity index (χ3n) is 5.47. The molecule has 2 aromatic rings. The minimum atomic E-state index is -3.45. The van der Waals surface area contributed by atoms with Crippen molar-refractivity contribution in [2.24, 2.45) is 5.41 Å². The highest BCUT2D eigenvalue weighted by molar-refractivity contribution is 7.70. The molecule has 2 aliphatic rings. The summed E-state index contributed by atoms with van der Waals surface area (Å²) in [6, 6.07) is 11.4. The van der Waals surface area contributed by atoms with Gasteiger partial charge in [-0.15, -0.1) is 0 Å². The highest BCUT2D eigenvalue weighted by Gasteiger charge is 2.83. The number of hydrogen-bond donors (Lipinski definition) is 2. The molecule has 6 nitrogen and oxygen atoms in total. The van der Waals surface area contributed by atoms with Gasteiger partial charge in [-0.3, -0.25) is 0 Å². The summed E-state index contributed by atoms with van der Waals surface area (Å²) in [7, 11) is -6.76. The molecule has 29 heavy (non-hydrogen) atoms. The summed E-state index contributed by atoms with van der Waals surface area (Å²) in [4.78, 5) is 22.4. The van der Waals surface area contributed by atoms with Crippen LogP contribution in [0.3, 0.4) is 0 Å². The van der Waals surface area contributed by atoms with Gasteiger partial charge < -0.3 is 0 Å². The molecule has 2 fully saturated rings. The Hall–Kier alpha value is -0.940. The normalized spacial score (nSPS) is 33.5. The van der Waals surface area contributed by atoms with Crippen LogP contribution in [0.5, 0.6) is 0 Å². The van der Waals surface area contributed by atoms with E-state index in [1.54, 1.807) is 0 Å². The van der Waals surface area contributed by atoms with Crippen LogP contribution in [0.15, 0.2) is 36.4 Å². The van der Waals surface area contributed by atoms with E-state index < -0.39 is 27.3 Å². The van der Waals surface area contributed by atoms with E-state index in [1.807, 2.05) is 77.9 Å². The van der Waals surface area contributed by atoms with Crippen LogP contribution >= 0.6 is 15.9 Å².